The van der Waals surface area contributed by atoms with E-state index in [2.05, 4.69) is 25.4 Å². The number of carbonyl (C=O) groups excluding carboxylic acids is 2. The summed E-state index contributed by atoms with van der Waals surface area (Å²) in [7, 11) is 0. The first-order valence-electron chi connectivity index (χ1n) is 11.3. The largest absolute Gasteiger partial charge is 0.354 e. The van der Waals surface area contributed by atoms with Gasteiger partial charge in [0.05, 0.1) is 22.8 Å². The summed E-state index contributed by atoms with van der Waals surface area (Å²) in [5.41, 5.74) is 3.15. The Kier molecular flexibility index (Phi) is 7.77. The highest BCUT2D eigenvalue weighted by Gasteiger charge is 2.21. The molecule has 3 aromatic rings. The van der Waals surface area contributed by atoms with Crippen LogP contribution < -0.4 is 15.5 Å². The van der Waals surface area contributed by atoms with Gasteiger partial charge in [0.25, 0.3) is 5.91 Å². The first-order chi connectivity index (χ1) is 16.5. The number of nitrogens with one attached hydrogen (secondary N) is 2. The van der Waals surface area contributed by atoms with Gasteiger partial charge in [0.2, 0.25) is 5.91 Å². The third-order valence-corrected chi connectivity index (χ3v) is 6.02. The number of para-hydroxylation sites is 1. The van der Waals surface area contributed by atoms with E-state index < -0.39 is 0 Å². The summed E-state index contributed by atoms with van der Waals surface area (Å²) in [6.45, 7) is 5.76. The van der Waals surface area contributed by atoms with Crippen molar-refractivity contribution >= 4 is 34.9 Å². The number of piperazine rings is 1. The van der Waals surface area contributed by atoms with E-state index in [1.54, 1.807) is 24.4 Å². The summed E-state index contributed by atoms with van der Waals surface area (Å²) in [5.74, 6) is 0.525. The van der Waals surface area contributed by atoms with Gasteiger partial charge in [0.15, 0.2) is 0 Å². The van der Waals surface area contributed by atoms with Crippen LogP contribution in [0.25, 0.3) is 0 Å². The molecule has 2 heterocycles. The van der Waals surface area contributed by atoms with Crippen LogP contribution in [0, 0.1) is 6.92 Å². The molecule has 7 nitrogen and oxygen atoms in total. The minimum atomic E-state index is -0.222. The van der Waals surface area contributed by atoms with Crippen molar-refractivity contribution in [2.24, 2.45) is 0 Å². The number of aromatic nitrogens is 1. The number of halogens is 1. The maximum absolute atomic E-state index is 12.8. The first kappa shape index (κ1) is 23.7. The van der Waals surface area contributed by atoms with Crippen molar-refractivity contribution in [1.82, 2.24) is 15.2 Å². The average molecular weight is 478 g/mol. The third-order valence-electron chi connectivity index (χ3n) is 5.79. The van der Waals surface area contributed by atoms with Gasteiger partial charge in [0, 0.05) is 38.9 Å². The molecule has 8 heteroatoms. The minimum absolute atomic E-state index is 0.142. The second kappa shape index (κ2) is 11.1. The normalized spacial score (nSPS) is 14.0. The zero-order valence-electron chi connectivity index (χ0n) is 19.1. The second-order valence-corrected chi connectivity index (χ2v) is 8.80. The molecule has 0 atom stereocenters. The molecule has 1 aliphatic heterocycles. The summed E-state index contributed by atoms with van der Waals surface area (Å²) in [6, 6.07) is 18.8. The molecule has 34 heavy (non-hydrogen) atoms. The number of hydrogen-bond acceptors (Lipinski definition) is 5. The number of benzene rings is 2. The van der Waals surface area contributed by atoms with Gasteiger partial charge in [-0.1, -0.05) is 53.6 Å². The number of pyridine rings is 1. The maximum Gasteiger partial charge on any atom is 0.253 e. The molecular formula is C26H28ClN5O2. The predicted molar refractivity (Wildman–Crippen MR) is 135 cm³/mol. The summed E-state index contributed by atoms with van der Waals surface area (Å²) < 4.78 is 0. The number of aryl methyl sites for hydroxylation is 1. The quantitative estimate of drug-likeness (QED) is 0.542. The molecule has 0 spiro atoms. The van der Waals surface area contributed by atoms with Crippen molar-refractivity contribution < 1.29 is 9.59 Å². The lowest BCUT2D eigenvalue weighted by molar-refractivity contribution is -0.117. The predicted octanol–water partition coefficient (Wildman–Crippen LogP) is 3.73. The summed E-state index contributed by atoms with van der Waals surface area (Å²) >= 11 is 5.92. The van der Waals surface area contributed by atoms with Crippen LogP contribution in [0.2, 0.25) is 5.02 Å². The number of carbonyl (C=O) groups is 2. The van der Waals surface area contributed by atoms with Gasteiger partial charge in [0.1, 0.15) is 5.82 Å². The van der Waals surface area contributed by atoms with Crippen LogP contribution in [0.3, 0.4) is 0 Å². The van der Waals surface area contributed by atoms with E-state index >= 15 is 0 Å². The Morgan fingerprint density at radius 1 is 0.971 bits per heavy atom. The van der Waals surface area contributed by atoms with Gasteiger partial charge < -0.3 is 15.5 Å². The number of hydrogen-bond donors (Lipinski definition) is 2. The van der Waals surface area contributed by atoms with Crippen molar-refractivity contribution in [1.29, 1.82) is 0 Å². The number of rotatable bonds is 7. The van der Waals surface area contributed by atoms with E-state index in [1.807, 2.05) is 49.4 Å². The molecule has 1 fully saturated rings. The van der Waals surface area contributed by atoms with Gasteiger partial charge >= 0.3 is 0 Å². The Balaban J connectivity index is 1.29. The third kappa shape index (κ3) is 6.34. The summed E-state index contributed by atoms with van der Waals surface area (Å²) in [5, 5.41) is 6.46. The van der Waals surface area contributed by atoms with Crippen molar-refractivity contribution in [3.8, 4) is 0 Å². The topological polar surface area (TPSA) is 77.6 Å². The van der Waals surface area contributed by atoms with Crippen molar-refractivity contribution in [3.05, 3.63) is 88.6 Å². The van der Waals surface area contributed by atoms with Crippen molar-refractivity contribution in [3.63, 3.8) is 0 Å². The molecule has 0 saturated carbocycles. The van der Waals surface area contributed by atoms with Crippen LogP contribution >= 0.6 is 11.6 Å². The van der Waals surface area contributed by atoms with Crippen LogP contribution in [0.5, 0.6) is 0 Å². The Morgan fingerprint density at radius 3 is 2.41 bits per heavy atom. The molecule has 0 unspecified atom stereocenters. The first-order valence-corrected chi connectivity index (χ1v) is 11.7. The Hall–Kier alpha value is -3.42. The molecule has 2 amide bonds. The van der Waals surface area contributed by atoms with Gasteiger partial charge in [-0.05, 0) is 36.8 Å². The fourth-order valence-corrected chi connectivity index (χ4v) is 3.97. The lowest BCUT2D eigenvalue weighted by Gasteiger charge is -2.35. The van der Waals surface area contributed by atoms with E-state index in [0.29, 0.717) is 22.8 Å². The molecule has 2 aromatic carbocycles. The lowest BCUT2D eigenvalue weighted by Crippen LogP contribution is -2.49. The minimum Gasteiger partial charge on any atom is -0.354 e. The van der Waals surface area contributed by atoms with Crippen molar-refractivity contribution in [2.45, 2.75) is 13.5 Å². The fraction of sp³-hybridized carbons (Fsp3) is 0.269. The molecule has 0 radical (unpaired) electrons. The van der Waals surface area contributed by atoms with Gasteiger partial charge in [-0.3, -0.25) is 14.5 Å². The average Bonchev–Trinajstić information content (AvgIpc) is 2.85. The fourth-order valence-electron chi connectivity index (χ4n) is 3.86. The Labute approximate surface area is 204 Å². The van der Waals surface area contributed by atoms with E-state index in [4.69, 9.17) is 11.6 Å². The molecule has 1 saturated heterocycles. The monoisotopic (exact) mass is 477 g/mol. The summed E-state index contributed by atoms with van der Waals surface area (Å²) in [4.78, 5) is 34.2. The highest BCUT2D eigenvalue weighted by atomic mass is 35.5. The maximum atomic E-state index is 12.8. The standard InChI is InChI=1S/C26H28ClN5O2/c1-19-6-8-20(9-7-19)16-29-26(34)22-4-2-3-5-23(22)30-25(33)18-31-12-14-32(15-13-31)24-11-10-21(27)17-28-24/h2-11,17H,12-16,18H2,1H3,(H,29,34)(H,30,33). The molecule has 0 bridgehead atoms. The van der Waals surface area contributed by atoms with Gasteiger partial charge in [-0.15, -0.1) is 0 Å². The van der Waals surface area contributed by atoms with E-state index in [1.165, 1.54) is 5.56 Å². The smallest absolute Gasteiger partial charge is 0.253 e. The molecule has 176 valence electrons. The number of nitrogens with zero attached hydrogens (tertiary/aromatic N) is 3. The van der Waals surface area contributed by atoms with Gasteiger partial charge in [-0.2, -0.15) is 0 Å². The van der Waals surface area contributed by atoms with E-state index in [0.717, 1.165) is 37.6 Å². The zero-order valence-corrected chi connectivity index (χ0v) is 19.9. The SMILES string of the molecule is Cc1ccc(CNC(=O)c2ccccc2NC(=O)CN2CCN(c3ccc(Cl)cn3)CC2)cc1. The second-order valence-electron chi connectivity index (χ2n) is 8.36. The number of anilines is 2. The highest BCUT2D eigenvalue weighted by molar-refractivity contribution is 6.30. The van der Waals surface area contributed by atoms with E-state index in [9.17, 15) is 9.59 Å². The molecule has 0 aliphatic carbocycles. The Bertz CT molecular complexity index is 1130. The van der Waals surface area contributed by atoms with Crippen LogP contribution in [-0.2, 0) is 11.3 Å². The Morgan fingerprint density at radius 2 is 1.71 bits per heavy atom. The van der Waals surface area contributed by atoms with E-state index in [-0.39, 0.29) is 18.4 Å². The number of amides is 2. The molecule has 1 aliphatic rings. The highest BCUT2D eigenvalue weighted by Crippen LogP contribution is 2.18. The molecule has 1 aromatic heterocycles. The molecular weight excluding hydrogens is 450 g/mol. The van der Waals surface area contributed by atoms with Gasteiger partial charge in [-0.25, -0.2) is 4.98 Å². The summed E-state index contributed by atoms with van der Waals surface area (Å²) in [6.07, 6.45) is 1.64. The zero-order chi connectivity index (χ0) is 23.9. The van der Waals surface area contributed by atoms with Crippen LogP contribution in [0.15, 0.2) is 66.9 Å². The molecule has 4 rings (SSSR count). The molecule has 2 N–H and O–H groups in total. The van der Waals surface area contributed by atoms with Crippen LogP contribution in [-0.4, -0.2) is 54.4 Å². The van der Waals surface area contributed by atoms with Crippen LogP contribution in [0.1, 0.15) is 21.5 Å². The lowest BCUT2D eigenvalue weighted by atomic mass is 10.1. The van der Waals surface area contributed by atoms with Crippen molar-refractivity contribution in [2.75, 3.05) is 42.9 Å². The van der Waals surface area contributed by atoms with Crippen LogP contribution in [0.4, 0.5) is 11.5 Å².